The van der Waals surface area contributed by atoms with Crippen LogP contribution in [0.3, 0.4) is 0 Å². The van der Waals surface area contributed by atoms with Gasteiger partial charge in [-0.05, 0) is 47.0 Å². The Morgan fingerprint density at radius 1 is 0.824 bits per heavy atom. The van der Waals surface area contributed by atoms with Gasteiger partial charge in [0.25, 0.3) is 11.1 Å². The fraction of sp³-hybridized carbons (Fsp3) is 0.111. The second-order valence-electron chi connectivity index (χ2n) is 7.58. The fourth-order valence-corrected chi connectivity index (χ4v) is 3.61. The second kappa shape index (κ2) is 10.7. The highest BCUT2D eigenvalue weighted by Gasteiger charge is 2.04. The average Bonchev–Trinajstić information content (AvgIpc) is 2.83. The Morgan fingerprint density at radius 3 is 2.15 bits per heavy atom. The van der Waals surface area contributed by atoms with Gasteiger partial charge in [-0.25, -0.2) is 0 Å². The summed E-state index contributed by atoms with van der Waals surface area (Å²) >= 11 is 6.32. The van der Waals surface area contributed by atoms with Gasteiger partial charge in [0.15, 0.2) is 0 Å². The van der Waals surface area contributed by atoms with Crippen LogP contribution in [0.25, 0.3) is 23.8 Å². The summed E-state index contributed by atoms with van der Waals surface area (Å²) in [5, 5.41) is 0.360. The van der Waals surface area contributed by atoms with Gasteiger partial charge in [-0.3, -0.25) is 9.59 Å². The molecule has 0 atom stereocenters. The topological polar surface area (TPSA) is 84.2 Å². The molecule has 6 nitrogen and oxygen atoms in total. The van der Waals surface area contributed by atoms with Gasteiger partial charge in [-0.1, -0.05) is 66.7 Å². The molecular formula is C27H23ClN2O4. The molecule has 2 N–H and O–H groups in total. The Morgan fingerprint density at radius 2 is 1.47 bits per heavy atom. The molecule has 34 heavy (non-hydrogen) atoms. The molecule has 0 radical (unpaired) electrons. The van der Waals surface area contributed by atoms with Crippen molar-refractivity contribution in [2.75, 3.05) is 13.2 Å². The molecule has 7 heteroatoms. The third-order valence-electron chi connectivity index (χ3n) is 5.06. The Hall–Kier alpha value is -4.03. The molecule has 0 aliphatic rings. The number of aromatic nitrogens is 2. The van der Waals surface area contributed by atoms with Crippen molar-refractivity contribution in [2.45, 2.75) is 6.42 Å². The molecule has 0 fully saturated rings. The summed E-state index contributed by atoms with van der Waals surface area (Å²) in [4.78, 5) is 28.9. The van der Waals surface area contributed by atoms with Crippen molar-refractivity contribution in [3.63, 3.8) is 0 Å². The van der Waals surface area contributed by atoms with E-state index in [0.29, 0.717) is 36.0 Å². The first-order chi connectivity index (χ1) is 16.5. The lowest BCUT2D eigenvalue weighted by Gasteiger charge is -2.10. The van der Waals surface area contributed by atoms with Crippen LogP contribution in [0.15, 0.2) is 82.4 Å². The van der Waals surface area contributed by atoms with Gasteiger partial charge in [0.2, 0.25) is 0 Å². The molecular weight excluding hydrogens is 452 g/mol. The fourth-order valence-electron chi connectivity index (χ4n) is 3.37. The molecule has 0 spiro atoms. The SMILES string of the molecule is C=c1[nH]c(=O)c(=Cc2ccc(OCCCOc3ccc(-c4ccccc4)cc3)c(Cl)c2)c(=O)[nH]1. The standard InChI is InChI=1S/C27H23ClN2O4/c1-18-29-26(31)23(27(32)30-18)16-19-8-13-25(24(28)17-19)34-15-5-14-33-22-11-9-21(10-12-22)20-6-3-2-4-7-20/h2-4,6-13,16-17H,1,5,14-15H2,(H,29,31)(H,30,32). The van der Waals surface area contributed by atoms with Gasteiger partial charge in [-0.15, -0.1) is 0 Å². The molecule has 0 saturated heterocycles. The maximum atomic E-state index is 12.0. The lowest BCUT2D eigenvalue weighted by molar-refractivity contribution is 0.247. The van der Waals surface area contributed by atoms with Gasteiger partial charge in [-0.2, -0.15) is 0 Å². The summed E-state index contributed by atoms with van der Waals surface area (Å²) in [5.74, 6) is 1.32. The first-order valence-corrected chi connectivity index (χ1v) is 11.1. The average molecular weight is 475 g/mol. The Kier molecular flexibility index (Phi) is 7.30. The predicted molar refractivity (Wildman–Crippen MR) is 135 cm³/mol. The van der Waals surface area contributed by atoms with Crippen molar-refractivity contribution >= 4 is 24.3 Å². The number of aromatic amines is 2. The zero-order valence-corrected chi connectivity index (χ0v) is 19.1. The predicted octanol–water partition coefficient (Wildman–Crippen LogP) is 3.47. The minimum absolute atomic E-state index is 0.0221. The Labute approximate surface area is 200 Å². The quantitative estimate of drug-likeness (QED) is 0.383. The number of benzene rings is 3. The number of hydrogen-bond acceptors (Lipinski definition) is 4. The van der Waals surface area contributed by atoms with Gasteiger partial charge in [0, 0.05) is 6.42 Å². The Balaban J connectivity index is 1.29. The first-order valence-electron chi connectivity index (χ1n) is 10.7. The monoisotopic (exact) mass is 474 g/mol. The summed E-state index contributed by atoms with van der Waals surface area (Å²) in [7, 11) is 0. The molecule has 3 aromatic carbocycles. The van der Waals surface area contributed by atoms with E-state index in [4.69, 9.17) is 21.1 Å². The molecule has 0 aliphatic carbocycles. The van der Waals surface area contributed by atoms with Crippen molar-refractivity contribution in [1.29, 1.82) is 0 Å². The molecule has 4 aromatic rings. The van der Waals surface area contributed by atoms with Crippen molar-refractivity contribution < 1.29 is 9.47 Å². The highest BCUT2D eigenvalue weighted by atomic mass is 35.5. The summed E-state index contributed by atoms with van der Waals surface area (Å²) in [5.41, 5.74) is 2.03. The van der Waals surface area contributed by atoms with Crippen LogP contribution in [0.2, 0.25) is 5.02 Å². The lowest BCUT2D eigenvalue weighted by atomic mass is 10.1. The van der Waals surface area contributed by atoms with Crippen LogP contribution in [0, 0.1) is 0 Å². The Bertz CT molecular complexity index is 1460. The zero-order chi connectivity index (χ0) is 23.9. The summed E-state index contributed by atoms with van der Waals surface area (Å²) < 4.78 is 11.5. The normalized spacial score (nSPS) is 10.6. The van der Waals surface area contributed by atoms with Crippen molar-refractivity contribution in [3.05, 3.63) is 115 Å². The maximum absolute atomic E-state index is 12.0. The highest BCUT2D eigenvalue weighted by molar-refractivity contribution is 6.32. The van der Waals surface area contributed by atoms with Gasteiger partial charge >= 0.3 is 0 Å². The van der Waals surface area contributed by atoms with Crippen LogP contribution in [-0.2, 0) is 0 Å². The smallest absolute Gasteiger partial charge is 0.262 e. The highest BCUT2D eigenvalue weighted by Crippen LogP contribution is 2.26. The van der Waals surface area contributed by atoms with Crippen molar-refractivity contribution in [2.24, 2.45) is 0 Å². The number of H-pyrrole nitrogens is 2. The van der Waals surface area contributed by atoms with Gasteiger partial charge in [0.1, 0.15) is 22.2 Å². The largest absolute Gasteiger partial charge is 0.493 e. The molecule has 0 bridgehead atoms. The molecule has 0 unspecified atom stereocenters. The van der Waals surface area contributed by atoms with E-state index in [0.717, 1.165) is 16.9 Å². The van der Waals surface area contributed by atoms with E-state index < -0.39 is 11.1 Å². The third-order valence-corrected chi connectivity index (χ3v) is 5.36. The van der Waals surface area contributed by atoms with E-state index in [1.54, 1.807) is 18.2 Å². The second-order valence-corrected chi connectivity index (χ2v) is 7.98. The van der Waals surface area contributed by atoms with E-state index in [1.165, 1.54) is 6.08 Å². The first kappa shape index (κ1) is 23.1. The van der Waals surface area contributed by atoms with Gasteiger partial charge < -0.3 is 19.4 Å². The third kappa shape index (κ3) is 5.85. The zero-order valence-electron chi connectivity index (χ0n) is 18.3. The number of nitrogens with one attached hydrogen (secondary N) is 2. The summed E-state index contributed by atoms with van der Waals surface area (Å²) in [6.45, 7) is 4.45. The number of halogens is 1. The van der Waals surface area contributed by atoms with Crippen LogP contribution in [0.1, 0.15) is 12.0 Å². The number of ether oxygens (including phenoxy) is 2. The molecule has 4 rings (SSSR count). The lowest BCUT2D eigenvalue weighted by Crippen LogP contribution is -2.47. The van der Waals surface area contributed by atoms with Crippen molar-refractivity contribution in [1.82, 2.24) is 9.97 Å². The van der Waals surface area contributed by atoms with Crippen molar-refractivity contribution in [3.8, 4) is 22.6 Å². The van der Waals surface area contributed by atoms with Crippen LogP contribution >= 0.6 is 11.6 Å². The van der Waals surface area contributed by atoms with E-state index in [9.17, 15) is 9.59 Å². The number of rotatable bonds is 8. The van der Waals surface area contributed by atoms with E-state index in [2.05, 4.69) is 28.7 Å². The summed E-state index contributed by atoms with van der Waals surface area (Å²) in [6.07, 6.45) is 2.14. The van der Waals surface area contributed by atoms with Crippen LogP contribution in [-0.4, -0.2) is 23.2 Å². The van der Waals surface area contributed by atoms with Gasteiger partial charge in [0.05, 0.1) is 18.2 Å². The van der Waals surface area contributed by atoms with E-state index in [1.807, 2.05) is 42.5 Å². The maximum Gasteiger partial charge on any atom is 0.262 e. The molecule has 0 saturated carbocycles. The van der Waals surface area contributed by atoms with E-state index in [-0.39, 0.29) is 10.7 Å². The van der Waals surface area contributed by atoms with Crippen LogP contribution in [0.5, 0.6) is 11.5 Å². The van der Waals surface area contributed by atoms with Crippen LogP contribution < -0.4 is 31.3 Å². The number of hydrogen-bond donors (Lipinski definition) is 2. The summed E-state index contributed by atoms with van der Waals surface area (Å²) in [6, 6.07) is 23.2. The van der Waals surface area contributed by atoms with E-state index >= 15 is 0 Å². The molecule has 0 aliphatic heterocycles. The molecule has 1 heterocycles. The molecule has 0 amide bonds. The molecule has 172 valence electrons. The molecule has 1 aromatic heterocycles. The minimum atomic E-state index is -0.514. The minimum Gasteiger partial charge on any atom is -0.493 e. The van der Waals surface area contributed by atoms with Crippen LogP contribution in [0.4, 0.5) is 0 Å².